The van der Waals surface area contributed by atoms with Crippen molar-refractivity contribution in [3.63, 3.8) is 0 Å². The molecule has 3 atom stereocenters. The number of allylic oxidation sites excluding steroid dienone is 1. The van der Waals surface area contributed by atoms with Gasteiger partial charge >= 0.3 is 0 Å². The first-order chi connectivity index (χ1) is 24.4. The van der Waals surface area contributed by atoms with Gasteiger partial charge < -0.3 is 15.7 Å². The second kappa shape index (κ2) is 22.6. The van der Waals surface area contributed by atoms with E-state index >= 15 is 0 Å². The summed E-state index contributed by atoms with van der Waals surface area (Å²) in [4.78, 5) is 13.6. The Bertz CT molecular complexity index is 1570. The Morgan fingerprint density at radius 2 is 1.46 bits per heavy atom. The number of hydrogen-bond acceptors (Lipinski definition) is 5. The van der Waals surface area contributed by atoms with Crippen LogP contribution in [-0.4, -0.2) is 24.2 Å². The lowest BCUT2D eigenvalue weighted by Gasteiger charge is -2.28. The minimum Gasteiger partial charge on any atom is -0.396 e. The van der Waals surface area contributed by atoms with Gasteiger partial charge in [-0.2, -0.15) is 0 Å². The molecule has 0 saturated carbocycles. The first-order valence-corrected chi connectivity index (χ1v) is 18.9. The smallest absolute Gasteiger partial charge is 0.251 e. The fourth-order valence-corrected chi connectivity index (χ4v) is 6.45. The van der Waals surface area contributed by atoms with Crippen LogP contribution in [0.3, 0.4) is 0 Å². The van der Waals surface area contributed by atoms with E-state index in [1.165, 1.54) is 41.5 Å². The van der Waals surface area contributed by atoms with Crippen molar-refractivity contribution in [2.45, 2.75) is 77.3 Å². The monoisotopic (exact) mass is 691 g/mol. The molecule has 0 saturated heterocycles. The van der Waals surface area contributed by atoms with Crippen LogP contribution >= 0.6 is 11.9 Å². The molecule has 4 aromatic rings. The Morgan fingerprint density at radius 1 is 0.860 bits per heavy atom. The number of carbonyl (C=O) groups is 1. The van der Waals surface area contributed by atoms with Crippen LogP contribution in [0.5, 0.6) is 0 Å². The van der Waals surface area contributed by atoms with E-state index in [4.69, 9.17) is 0 Å². The van der Waals surface area contributed by atoms with Crippen molar-refractivity contribution >= 4 is 17.9 Å². The summed E-state index contributed by atoms with van der Waals surface area (Å²) in [6, 6.07) is 36.5. The molecule has 0 fully saturated rings. The van der Waals surface area contributed by atoms with E-state index in [1.807, 2.05) is 74.5 Å². The van der Waals surface area contributed by atoms with Crippen LogP contribution in [0.25, 0.3) is 0 Å². The SMILES string of the molecule is C=C(NC1C(=C)Cc2ccccc21)C(Cc1ccccc1)CC(CO)CNSc1ccc(C(=O)NCc2ccccc2)cc1.CC.CCCC. The Labute approximate surface area is 305 Å². The summed E-state index contributed by atoms with van der Waals surface area (Å²) >= 11 is 1.51. The van der Waals surface area contributed by atoms with Crippen molar-refractivity contribution in [3.05, 3.63) is 161 Å². The summed E-state index contributed by atoms with van der Waals surface area (Å²) in [7, 11) is 0. The number of carbonyl (C=O) groups excluding carboxylic acids is 1. The van der Waals surface area contributed by atoms with Crippen molar-refractivity contribution in [2.24, 2.45) is 11.8 Å². The molecule has 4 aromatic carbocycles. The molecule has 1 aliphatic rings. The summed E-state index contributed by atoms with van der Waals surface area (Å²) in [5.74, 6) is 0.0779. The number of fused-ring (bicyclic) bond motifs is 1. The van der Waals surface area contributed by atoms with Crippen LogP contribution in [0, 0.1) is 11.8 Å². The summed E-state index contributed by atoms with van der Waals surface area (Å²) in [5, 5.41) is 17.0. The zero-order valence-corrected chi connectivity index (χ0v) is 31.3. The standard InChI is InChI=1S/C38H41N3O2S.C4H10.C2H6/c1-27-21-33-15-9-10-16-36(33)37(27)41-28(2)34(22-29-11-5-3-6-12-29)23-31(26-42)25-40-44-35-19-17-32(18-20-35)38(43)39-24-30-13-7-4-8-14-30;1-3-4-2;1-2/h3-20,31,34,37,40-42H,1-2,21-26H2,(H,39,43);3-4H2,1-2H3;1-2H3. The summed E-state index contributed by atoms with van der Waals surface area (Å²) < 4.78 is 3.44. The Morgan fingerprint density at radius 3 is 2.08 bits per heavy atom. The van der Waals surface area contributed by atoms with Crippen LogP contribution in [0.4, 0.5) is 0 Å². The van der Waals surface area contributed by atoms with Gasteiger partial charge in [-0.15, -0.1) is 0 Å². The van der Waals surface area contributed by atoms with E-state index < -0.39 is 0 Å². The molecule has 0 bridgehead atoms. The van der Waals surface area contributed by atoms with Crippen LogP contribution in [-0.2, 0) is 19.4 Å². The molecule has 5 rings (SSSR count). The highest BCUT2D eigenvalue weighted by Crippen LogP contribution is 2.36. The Balaban J connectivity index is 0.00000105. The number of amides is 1. The molecule has 1 aliphatic carbocycles. The van der Waals surface area contributed by atoms with Gasteiger partial charge in [0.15, 0.2) is 0 Å². The summed E-state index contributed by atoms with van der Waals surface area (Å²) in [6.45, 7) is 18.4. The zero-order valence-electron chi connectivity index (χ0n) is 30.5. The molecule has 5 nitrogen and oxygen atoms in total. The van der Waals surface area contributed by atoms with Gasteiger partial charge in [-0.1, -0.05) is 139 Å². The fourth-order valence-electron chi connectivity index (χ4n) is 5.70. The largest absolute Gasteiger partial charge is 0.396 e. The maximum Gasteiger partial charge on any atom is 0.251 e. The lowest BCUT2D eigenvalue weighted by Crippen LogP contribution is -2.30. The first kappa shape index (κ1) is 40.3. The molecule has 1 amide bonds. The van der Waals surface area contributed by atoms with Gasteiger partial charge in [0, 0.05) is 41.8 Å². The topological polar surface area (TPSA) is 73.4 Å². The summed E-state index contributed by atoms with van der Waals surface area (Å²) in [5.41, 5.74) is 7.66. The van der Waals surface area contributed by atoms with Crippen molar-refractivity contribution < 1.29 is 9.90 Å². The maximum atomic E-state index is 12.6. The van der Waals surface area contributed by atoms with Crippen LogP contribution in [0.15, 0.2) is 139 Å². The van der Waals surface area contributed by atoms with E-state index in [1.54, 1.807) is 0 Å². The fraction of sp³-hybridized carbons (Fsp3) is 0.341. The third-order valence-electron chi connectivity index (χ3n) is 8.69. The molecular formula is C44H57N3O2S. The molecule has 50 heavy (non-hydrogen) atoms. The van der Waals surface area contributed by atoms with E-state index in [0.29, 0.717) is 18.7 Å². The molecule has 0 aliphatic heterocycles. The van der Waals surface area contributed by atoms with E-state index in [0.717, 1.165) is 41.0 Å². The van der Waals surface area contributed by atoms with E-state index in [-0.39, 0.29) is 30.4 Å². The molecular weight excluding hydrogens is 635 g/mol. The predicted molar refractivity (Wildman–Crippen MR) is 213 cm³/mol. The summed E-state index contributed by atoms with van der Waals surface area (Å²) in [6.07, 6.45) is 5.14. The Kier molecular flexibility index (Phi) is 18.2. The van der Waals surface area contributed by atoms with Crippen molar-refractivity contribution in [2.75, 3.05) is 13.2 Å². The molecule has 266 valence electrons. The third-order valence-corrected chi connectivity index (χ3v) is 9.51. The lowest BCUT2D eigenvalue weighted by atomic mass is 9.87. The number of unbranched alkanes of at least 4 members (excludes halogenated alkanes) is 1. The van der Waals surface area contributed by atoms with Crippen molar-refractivity contribution in [1.82, 2.24) is 15.4 Å². The highest BCUT2D eigenvalue weighted by molar-refractivity contribution is 7.97. The average molecular weight is 692 g/mol. The number of aliphatic hydroxyl groups excluding tert-OH is 1. The van der Waals surface area contributed by atoms with Crippen LogP contribution in [0.1, 0.15) is 85.6 Å². The minimum atomic E-state index is -0.0957. The quantitative estimate of drug-likeness (QED) is 0.0696. The van der Waals surface area contributed by atoms with Crippen molar-refractivity contribution in [3.8, 4) is 0 Å². The maximum absolute atomic E-state index is 12.6. The lowest BCUT2D eigenvalue weighted by molar-refractivity contribution is 0.0951. The molecule has 0 spiro atoms. The second-order valence-corrected chi connectivity index (χ2v) is 13.4. The molecule has 0 heterocycles. The third kappa shape index (κ3) is 13.0. The molecule has 4 N–H and O–H groups in total. The average Bonchev–Trinajstić information content (AvgIpc) is 3.49. The normalized spacial score (nSPS) is 14.2. The van der Waals surface area contributed by atoms with Crippen LogP contribution in [0.2, 0.25) is 0 Å². The van der Waals surface area contributed by atoms with Gasteiger partial charge in [0.1, 0.15) is 0 Å². The second-order valence-electron chi connectivity index (χ2n) is 12.5. The van der Waals surface area contributed by atoms with Gasteiger partial charge in [-0.05, 0) is 89.2 Å². The van der Waals surface area contributed by atoms with Crippen molar-refractivity contribution in [1.29, 1.82) is 0 Å². The Hall–Kier alpha value is -4.10. The first-order valence-electron chi connectivity index (χ1n) is 18.1. The van der Waals surface area contributed by atoms with E-state index in [2.05, 4.69) is 90.9 Å². The van der Waals surface area contributed by atoms with Gasteiger partial charge in [0.05, 0.1) is 6.04 Å². The number of nitrogens with one attached hydrogen (secondary N) is 3. The predicted octanol–water partition coefficient (Wildman–Crippen LogP) is 9.86. The number of hydrogen-bond donors (Lipinski definition) is 4. The molecule has 0 radical (unpaired) electrons. The van der Waals surface area contributed by atoms with Gasteiger partial charge in [0.2, 0.25) is 0 Å². The van der Waals surface area contributed by atoms with E-state index in [9.17, 15) is 9.90 Å². The molecule has 0 aromatic heterocycles. The number of benzene rings is 4. The van der Waals surface area contributed by atoms with Crippen LogP contribution < -0.4 is 15.4 Å². The number of aliphatic hydroxyl groups is 1. The molecule has 6 heteroatoms. The van der Waals surface area contributed by atoms with Gasteiger partial charge in [-0.3, -0.25) is 9.52 Å². The highest BCUT2D eigenvalue weighted by atomic mass is 32.2. The highest BCUT2D eigenvalue weighted by Gasteiger charge is 2.28. The minimum absolute atomic E-state index is 0.0388. The van der Waals surface area contributed by atoms with Gasteiger partial charge in [0.25, 0.3) is 5.91 Å². The number of rotatable bonds is 16. The molecule has 3 unspecified atom stereocenters. The zero-order chi connectivity index (χ0) is 36.1. The van der Waals surface area contributed by atoms with Gasteiger partial charge in [-0.25, -0.2) is 0 Å².